The minimum absolute atomic E-state index is 0.800. The van der Waals surface area contributed by atoms with Crippen molar-refractivity contribution in [3.05, 3.63) is 11.8 Å². The molecule has 1 saturated carbocycles. The van der Waals surface area contributed by atoms with Crippen LogP contribution in [0.1, 0.15) is 51.9 Å². The van der Waals surface area contributed by atoms with Gasteiger partial charge in [0.2, 0.25) is 0 Å². The van der Waals surface area contributed by atoms with Crippen LogP contribution in [0, 0.1) is 0 Å². The first kappa shape index (κ1) is 9.11. The molecule has 0 amide bonds. The highest BCUT2D eigenvalue weighted by Gasteiger charge is 2.17. The fourth-order valence-electron chi connectivity index (χ4n) is 2.52. The highest BCUT2D eigenvalue weighted by Crippen LogP contribution is 2.25. The van der Waals surface area contributed by atoms with Crippen LogP contribution in [0.5, 0.6) is 0 Å². The summed E-state index contributed by atoms with van der Waals surface area (Å²) in [5, 5.41) is 0. The first-order valence-corrected chi connectivity index (χ1v) is 5.81. The van der Waals surface area contributed by atoms with Crippen molar-refractivity contribution in [2.45, 2.75) is 57.9 Å². The molecule has 13 heavy (non-hydrogen) atoms. The van der Waals surface area contributed by atoms with E-state index in [2.05, 4.69) is 18.0 Å². The second-order valence-electron chi connectivity index (χ2n) is 4.58. The summed E-state index contributed by atoms with van der Waals surface area (Å²) >= 11 is 0. The summed E-state index contributed by atoms with van der Waals surface area (Å²) in [4.78, 5) is 2.56. The van der Waals surface area contributed by atoms with Crippen LogP contribution in [-0.4, -0.2) is 17.5 Å². The Bertz CT molecular complexity index is 187. The lowest BCUT2D eigenvalue weighted by Crippen LogP contribution is -2.21. The maximum atomic E-state index is 2.56. The first-order chi connectivity index (χ1) is 6.36. The Hall–Kier alpha value is -0.460. The Balaban J connectivity index is 1.93. The van der Waals surface area contributed by atoms with Gasteiger partial charge in [0.1, 0.15) is 0 Å². The number of likely N-dealkylation sites (tertiary alicyclic amines) is 1. The zero-order chi connectivity index (χ0) is 9.10. The Labute approximate surface area is 81.8 Å². The normalized spacial score (nSPS) is 29.5. The predicted molar refractivity (Wildman–Crippen MR) is 56.6 cm³/mol. The van der Waals surface area contributed by atoms with Gasteiger partial charge in [0.15, 0.2) is 0 Å². The quantitative estimate of drug-likeness (QED) is 0.597. The van der Waals surface area contributed by atoms with E-state index in [9.17, 15) is 0 Å². The van der Waals surface area contributed by atoms with Crippen LogP contribution in [0.3, 0.4) is 0 Å². The van der Waals surface area contributed by atoms with Gasteiger partial charge < -0.3 is 4.90 Å². The monoisotopic (exact) mass is 179 g/mol. The molecule has 0 unspecified atom stereocenters. The van der Waals surface area contributed by atoms with Crippen LogP contribution in [0.2, 0.25) is 0 Å². The van der Waals surface area contributed by atoms with Crippen LogP contribution in [-0.2, 0) is 0 Å². The molecule has 0 aromatic carbocycles. The Morgan fingerprint density at radius 3 is 2.54 bits per heavy atom. The van der Waals surface area contributed by atoms with E-state index in [1.165, 1.54) is 51.5 Å². The Morgan fingerprint density at radius 2 is 1.92 bits per heavy atom. The molecule has 2 rings (SSSR count). The molecular formula is C12H21N. The summed E-state index contributed by atoms with van der Waals surface area (Å²) < 4.78 is 0. The summed E-state index contributed by atoms with van der Waals surface area (Å²) in [6.45, 7) is 3.65. The number of nitrogens with zero attached hydrogens (tertiary/aromatic N) is 1. The second kappa shape index (κ2) is 4.17. The van der Waals surface area contributed by atoms with Crippen LogP contribution < -0.4 is 0 Å². The van der Waals surface area contributed by atoms with Crippen molar-refractivity contribution in [2.24, 2.45) is 0 Å². The fraction of sp³-hybridized carbons (Fsp3) is 0.833. The third-order valence-electron chi connectivity index (χ3n) is 3.45. The van der Waals surface area contributed by atoms with Crippen LogP contribution >= 0.6 is 0 Å². The van der Waals surface area contributed by atoms with Gasteiger partial charge in [-0.1, -0.05) is 12.0 Å². The van der Waals surface area contributed by atoms with Crippen molar-refractivity contribution in [1.82, 2.24) is 4.90 Å². The second-order valence-corrected chi connectivity index (χ2v) is 4.58. The Morgan fingerprint density at radius 1 is 1.15 bits per heavy atom. The number of allylic oxidation sites excluding steroid dienone is 1. The van der Waals surface area contributed by atoms with Crippen LogP contribution in [0.4, 0.5) is 0 Å². The topological polar surface area (TPSA) is 3.24 Å². The molecule has 0 aromatic rings. The van der Waals surface area contributed by atoms with Crippen molar-refractivity contribution >= 4 is 0 Å². The molecule has 0 radical (unpaired) electrons. The molecule has 1 heterocycles. The molecule has 0 aromatic heterocycles. The smallest absolute Gasteiger partial charge is 0.0256 e. The van der Waals surface area contributed by atoms with Gasteiger partial charge in [0.05, 0.1) is 0 Å². The molecule has 1 atom stereocenters. The van der Waals surface area contributed by atoms with Crippen molar-refractivity contribution in [3.63, 3.8) is 0 Å². The van der Waals surface area contributed by atoms with E-state index in [0.29, 0.717) is 0 Å². The molecule has 1 nitrogen and oxygen atoms in total. The van der Waals surface area contributed by atoms with Gasteiger partial charge in [-0.15, -0.1) is 0 Å². The molecule has 0 N–H and O–H groups in total. The van der Waals surface area contributed by atoms with Gasteiger partial charge >= 0.3 is 0 Å². The molecule has 0 bridgehead atoms. The summed E-state index contributed by atoms with van der Waals surface area (Å²) in [5.74, 6) is 0. The molecule has 2 fully saturated rings. The Kier molecular flexibility index (Phi) is 2.92. The lowest BCUT2D eigenvalue weighted by atomic mass is 9.95. The maximum absolute atomic E-state index is 2.56. The highest BCUT2D eigenvalue weighted by atomic mass is 15.2. The maximum Gasteiger partial charge on any atom is 0.0256 e. The van der Waals surface area contributed by atoms with Gasteiger partial charge in [0, 0.05) is 12.6 Å². The highest BCUT2D eigenvalue weighted by molar-refractivity contribution is 5.05. The molecule has 1 saturated heterocycles. The number of rotatable bonds is 1. The number of hydrogen-bond acceptors (Lipinski definition) is 1. The molecular weight excluding hydrogens is 158 g/mol. The standard InChI is InChI=1S/C12H21N/c1-11-6-5-9-13(11)10-12-7-3-2-4-8-12/h10-11H,2-9H2,1H3/t11-/m1/s1. The largest absolute Gasteiger partial charge is 0.375 e. The van der Waals surface area contributed by atoms with E-state index in [-0.39, 0.29) is 0 Å². The SMILES string of the molecule is C[C@@H]1CCCN1C=C1CCCCC1. The minimum Gasteiger partial charge on any atom is -0.375 e. The molecule has 1 aliphatic heterocycles. The van der Waals surface area contributed by atoms with Crippen molar-refractivity contribution in [1.29, 1.82) is 0 Å². The summed E-state index contributed by atoms with van der Waals surface area (Å²) in [6.07, 6.45) is 12.3. The summed E-state index contributed by atoms with van der Waals surface area (Å²) in [6, 6.07) is 0.800. The zero-order valence-electron chi connectivity index (χ0n) is 8.76. The summed E-state index contributed by atoms with van der Waals surface area (Å²) in [5.41, 5.74) is 1.71. The average Bonchev–Trinajstić information content (AvgIpc) is 2.54. The van der Waals surface area contributed by atoms with E-state index in [1.54, 1.807) is 5.57 Å². The third kappa shape index (κ3) is 2.26. The third-order valence-corrected chi connectivity index (χ3v) is 3.45. The average molecular weight is 179 g/mol. The van der Waals surface area contributed by atoms with Gasteiger partial charge in [-0.2, -0.15) is 0 Å². The zero-order valence-corrected chi connectivity index (χ0v) is 8.76. The van der Waals surface area contributed by atoms with Crippen molar-refractivity contribution in [2.75, 3.05) is 6.54 Å². The predicted octanol–water partition coefficient (Wildman–Crippen LogP) is 3.32. The molecule has 74 valence electrons. The number of hydrogen-bond donors (Lipinski definition) is 0. The van der Waals surface area contributed by atoms with Gasteiger partial charge in [-0.25, -0.2) is 0 Å². The minimum atomic E-state index is 0.800. The molecule has 2 aliphatic rings. The van der Waals surface area contributed by atoms with E-state index in [4.69, 9.17) is 0 Å². The van der Waals surface area contributed by atoms with Gasteiger partial charge in [-0.05, 0) is 51.6 Å². The van der Waals surface area contributed by atoms with Gasteiger partial charge in [0.25, 0.3) is 0 Å². The van der Waals surface area contributed by atoms with Crippen LogP contribution in [0.25, 0.3) is 0 Å². The molecule has 1 aliphatic carbocycles. The lowest BCUT2D eigenvalue weighted by molar-refractivity contribution is 0.364. The lowest BCUT2D eigenvalue weighted by Gasteiger charge is -2.22. The van der Waals surface area contributed by atoms with E-state index in [0.717, 1.165) is 6.04 Å². The molecule has 0 spiro atoms. The van der Waals surface area contributed by atoms with Crippen molar-refractivity contribution < 1.29 is 0 Å². The van der Waals surface area contributed by atoms with Crippen molar-refractivity contribution in [3.8, 4) is 0 Å². The van der Waals surface area contributed by atoms with E-state index in [1.807, 2.05) is 0 Å². The summed E-state index contributed by atoms with van der Waals surface area (Å²) in [7, 11) is 0. The molecule has 1 heteroatoms. The van der Waals surface area contributed by atoms with E-state index >= 15 is 0 Å². The van der Waals surface area contributed by atoms with Crippen LogP contribution in [0.15, 0.2) is 11.8 Å². The van der Waals surface area contributed by atoms with E-state index < -0.39 is 0 Å². The fourth-order valence-corrected chi connectivity index (χ4v) is 2.52. The van der Waals surface area contributed by atoms with Gasteiger partial charge in [-0.3, -0.25) is 0 Å². The first-order valence-electron chi connectivity index (χ1n) is 5.81.